The van der Waals surface area contributed by atoms with Crippen molar-refractivity contribution in [1.82, 2.24) is 9.78 Å². The number of nitrogens with one attached hydrogen (secondary N) is 1. The minimum absolute atomic E-state index is 0.0160. The Hall–Kier alpha value is -2.10. The van der Waals surface area contributed by atoms with Crippen LogP contribution in [0.3, 0.4) is 0 Å². The highest BCUT2D eigenvalue weighted by Gasteiger charge is 2.14. The van der Waals surface area contributed by atoms with E-state index in [1.165, 1.54) is 36.1 Å². The molecule has 0 radical (unpaired) electrons. The summed E-state index contributed by atoms with van der Waals surface area (Å²) in [4.78, 5) is 12.4. The Morgan fingerprint density at radius 1 is 1.13 bits per heavy atom. The molecule has 0 unspecified atom stereocenters. The van der Waals surface area contributed by atoms with Gasteiger partial charge in [0.25, 0.3) is 0 Å². The molecule has 4 heteroatoms. The van der Waals surface area contributed by atoms with Crippen molar-refractivity contribution in [2.24, 2.45) is 0 Å². The van der Waals surface area contributed by atoms with Crippen molar-refractivity contribution in [2.75, 3.05) is 5.32 Å². The molecule has 1 heterocycles. The zero-order chi connectivity index (χ0) is 16.4. The molecular weight excluding hydrogens is 286 g/mol. The summed E-state index contributed by atoms with van der Waals surface area (Å²) in [6, 6.07) is 4.19. The largest absolute Gasteiger partial charge is 0.324 e. The highest BCUT2D eigenvalue weighted by molar-refractivity contribution is 5.92. The second kappa shape index (κ2) is 6.57. The minimum atomic E-state index is -0.0160. The van der Waals surface area contributed by atoms with Gasteiger partial charge >= 0.3 is 0 Å². The third-order valence-corrected chi connectivity index (χ3v) is 4.53. The number of aryl methyl sites for hydroxylation is 5. The Bertz CT molecular complexity index is 684. The Morgan fingerprint density at radius 2 is 1.83 bits per heavy atom. The molecule has 0 fully saturated rings. The first-order valence-electron chi connectivity index (χ1n) is 8.46. The predicted octanol–water partition coefficient (Wildman–Crippen LogP) is 3.72. The minimum Gasteiger partial charge on any atom is -0.324 e. The van der Waals surface area contributed by atoms with E-state index in [-0.39, 0.29) is 12.5 Å². The monoisotopic (exact) mass is 311 g/mol. The lowest BCUT2D eigenvalue weighted by Crippen LogP contribution is -2.20. The van der Waals surface area contributed by atoms with Crippen molar-refractivity contribution in [3.63, 3.8) is 0 Å². The van der Waals surface area contributed by atoms with Crippen LogP contribution in [0.15, 0.2) is 18.3 Å². The van der Waals surface area contributed by atoms with Crippen LogP contribution in [0.1, 0.15) is 47.2 Å². The number of amides is 1. The lowest BCUT2D eigenvalue weighted by molar-refractivity contribution is -0.116. The maximum Gasteiger partial charge on any atom is 0.246 e. The number of benzene rings is 1. The summed E-state index contributed by atoms with van der Waals surface area (Å²) < 4.78 is 1.80. The van der Waals surface area contributed by atoms with Gasteiger partial charge < -0.3 is 5.32 Å². The van der Waals surface area contributed by atoms with E-state index >= 15 is 0 Å². The van der Waals surface area contributed by atoms with Gasteiger partial charge in [0.1, 0.15) is 6.54 Å². The quantitative estimate of drug-likeness (QED) is 0.878. The third-order valence-electron chi connectivity index (χ3n) is 4.53. The molecule has 1 aliphatic carbocycles. The van der Waals surface area contributed by atoms with E-state index in [9.17, 15) is 4.79 Å². The highest BCUT2D eigenvalue weighted by atomic mass is 16.2. The summed E-state index contributed by atoms with van der Waals surface area (Å²) in [5, 5.41) is 7.65. The Morgan fingerprint density at radius 3 is 2.57 bits per heavy atom. The first kappa shape index (κ1) is 15.8. The number of carbonyl (C=O) groups excluding carboxylic acids is 1. The summed E-state index contributed by atoms with van der Waals surface area (Å²) in [7, 11) is 0. The van der Waals surface area contributed by atoms with Gasteiger partial charge in [0.2, 0.25) is 5.91 Å². The molecule has 1 N–H and O–H groups in total. The lowest BCUT2D eigenvalue weighted by atomic mass is 10.1. The van der Waals surface area contributed by atoms with Gasteiger partial charge in [-0.25, -0.2) is 0 Å². The number of hydrogen-bond acceptors (Lipinski definition) is 2. The normalized spacial score (nSPS) is 14.2. The zero-order valence-corrected chi connectivity index (χ0v) is 14.3. The van der Waals surface area contributed by atoms with Crippen LogP contribution in [0.4, 0.5) is 5.69 Å². The number of aromatic nitrogens is 2. The zero-order valence-electron chi connectivity index (χ0n) is 14.3. The molecule has 0 saturated heterocycles. The SMILES string of the molecule is Cc1cc(C)c(NC(=O)Cn2cc3c(n2)CCCCC3)c(C)c1. The van der Waals surface area contributed by atoms with Gasteiger partial charge in [-0.15, -0.1) is 0 Å². The number of fused-ring (bicyclic) bond motifs is 1. The third kappa shape index (κ3) is 3.63. The Kier molecular flexibility index (Phi) is 4.51. The van der Waals surface area contributed by atoms with Crippen LogP contribution in [-0.4, -0.2) is 15.7 Å². The maximum absolute atomic E-state index is 12.4. The summed E-state index contributed by atoms with van der Waals surface area (Å²) in [6.45, 7) is 6.42. The summed E-state index contributed by atoms with van der Waals surface area (Å²) in [5.41, 5.74) is 6.85. The van der Waals surface area contributed by atoms with Gasteiger partial charge in [-0.2, -0.15) is 5.10 Å². The Labute approximate surface area is 137 Å². The molecule has 0 spiro atoms. The highest BCUT2D eigenvalue weighted by Crippen LogP contribution is 2.22. The van der Waals surface area contributed by atoms with Crippen molar-refractivity contribution >= 4 is 11.6 Å². The van der Waals surface area contributed by atoms with Crippen LogP contribution in [0.5, 0.6) is 0 Å². The molecule has 1 aromatic carbocycles. The van der Waals surface area contributed by atoms with Crippen LogP contribution < -0.4 is 5.32 Å². The fourth-order valence-corrected chi connectivity index (χ4v) is 3.49. The topological polar surface area (TPSA) is 46.9 Å². The molecule has 0 saturated carbocycles. The molecule has 0 bridgehead atoms. The van der Waals surface area contributed by atoms with E-state index < -0.39 is 0 Å². The van der Waals surface area contributed by atoms with E-state index in [0.29, 0.717) is 0 Å². The van der Waals surface area contributed by atoms with Crippen molar-refractivity contribution in [3.8, 4) is 0 Å². The van der Waals surface area contributed by atoms with E-state index in [0.717, 1.165) is 29.7 Å². The Balaban J connectivity index is 1.71. The van der Waals surface area contributed by atoms with E-state index in [4.69, 9.17) is 0 Å². The van der Waals surface area contributed by atoms with Gasteiger partial charge in [-0.05, 0) is 63.1 Å². The molecule has 1 aromatic heterocycles. The van der Waals surface area contributed by atoms with Crippen molar-refractivity contribution < 1.29 is 4.79 Å². The van der Waals surface area contributed by atoms with Gasteiger partial charge in [0.05, 0.1) is 5.69 Å². The molecule has 0 atom stereocenters. The fraction of sp³-hybridized carbons (Fsp3) is 0.474. The van der Waals surface area contributed by atoms with Crippen molar-refractivity contribution in [3.05, 3.63) is 46.3 Å². The maximum atomic E-state index is 12.4. The van der Waals surface area contributed by atoms with E-state index in [1.807, 2.05) is 13.8 Å². The number of anilines is 1. The standard InChI is InChI=1S/C19H25N3O/c1-13-9-14(2)19(15(3)10-13)20-18(23)12-22-11-16-7-5-4-6-8-17(16)21-22/h9-11H,4-8,12H2,1-3H3,(H,20,23). The molecule has 3 rings (SSSR count). The van der Waals surface area contributed by atoms with Crippen LogP contribution in [0, 0.1) is 20.8 Å². The molecule has 2 aromatic rings. The molecule has 122 valence electrons. The van der Waals surface area contributed by atoms with Crippen LogP contribution >= 0.6 is 0 Å². The first-order valence-corrected chi connectivity index (χ1v) is 8.46. The fourth-order valence-electron chi connectivity index (χ4n) is 3.49. The summed E-state index contributed by atoms with van der Waals surface area (Å²) in [5.74, 6) is -0.0160. The van der Waals surface area contributed by atoms with Gasteiger partial charge in [0.15, 0.2) is 0 Å². The molecule has 1 amide bonds. The average molecular weight is 311 g/mol. The smallest absolute Gasteiger partial charge is 0.246 e. The summed E-state index contributed by atoms with van der Waals surface area (Å²) >= 11 is 0. The molecule has 23 heavy (non-hydrogen) atoms. The molecule has 4 nitrogen and oxygen atoms in total. The number of carbonyl (C=O) groups is 1. The van der Waals surface area contributed by atoms with Crippen LogP contribution in [-0.2, 0) is 24.2 Å². The van der Waals surface area contributed by atoms with E-state index in [2.05, 4.69) is 35.7 Å². The molecule has 1 aliphatic rings. The van der Waals surface area contributed by atoms with Crippen LogP contribution in [0.25, 0.3) is 0 Å². The van der Waals surface area contributed by atoms with Gasteiger partial charge in [-0.3, -0.25) is 9.48 Å². The first-order chi connectivity index (χ1) is 11.0. The van der Waals surface area contributed by atoms with E-state index in [1.54, 1.807) is 4.68 Å². The number of hydrogen-bond donors (Lipinski definition) is 1. The predicted molar refractivity (Wildman–Crippen MR) is 92.8 cm³/mol. The molecular formula is C19H25N3O. The average Bonchev–Trinajstić information content (AvgIpc) is 2.71. The van der Waals surface area contributed by atoms with Crippen molar-refractivity contribution in [2.45, 2.75) is 59.4 Å². The number of rotatable bonds is 3. The number of nitrogens with zero attached hydrogens (tertiary/aromatic N) is 2. The molecule has 0 aliphatic heterocycles. The van der Waals surface area contributed by atoms with Gasteiger partial charge in [0, 0.05) is 11.9 Å². The summed E-state index contributed by atoms with van der Waals surface area (Å²) in [6.07, 6.45) is 7.90. The van der Waals surface area contributed by atoms with Gasteiger partial charge in [-0.1, -0.05) is 24.1 Å². The van der Waals surface area contributed by atoms with Crippen molar-refractivity contribution in [1.29, 1.82) is 0 Å². The lowest BCUT2D eigenvalue weighted by Gasteiger charge is -2.13. The second-order valence-electron chi connectivity index (χ2n) is 6.68. The van der Waals surface area contributed by atoms with Crippen LogP contribution in [0.2, 0.25) is 0 Å². The second-order valence-corrected chi connectivity index (χ2v) is 6.68.